The van der Waals surface area contributed by atoms with Gasteiger partial charge in [0.1, 0.15) is 5.82 Å². The van der Waals surface area contributed by atoms with Gasteiger partial charge < -0.3 is 10.7 Å². The summed E-state index contributed by atoms with van der Waals surface area (Å²) in [5.74, 6) is 5.84. The first-order valence-corrected chi connectivity index (χ1v) is 7.31. The molecule has 0 saturated heterocycles. The summed E-state index contributed by atoms with van der Waals surface area (Å²) < 4.78 is 1.06. The van der Waals surface area contributed by atoms with Gasteiger partial charge in [-0.15, -0.1) is 11.3 Å². The molecule has 0 amide bonds. The van der Waals surface area contributed by atoms with E-state index in [1.54, 1.807) is 11.3 Å². The molecule has 0 unspecified atom stereocenters. The number of nitro groups is 1. The number of nitrogen functional groups attached to an aromatic ring is 1. The molecule has 0 aliphatic rings. The highest BCUT2D eigenvalue weighted by Gasteiger charge is 2.15. The van der Waals surface area contributed by atoms with E-state index in [1.807, 2.05) is 12.1 Å². The van der Waals surface area contributed by atoms with E-state index < -0.39 is 4.92 Å². The van der Waals surface area contributed by atoms with Gasteiger partial charge in [-0.25, -0.2) is 10.8 Å². The number of rotatable bonds is 6. The smallest absolute Gasteiger partial charge is 0.311 e. The third kappa shape index (κ3) is 3.65. The Bertz CT molecular complexity index is 619. The van der Waals surface area contributed by atoms with Gasteiger partial charge in [0.15, 0.2) is 0 Å². The van der Waals surface area contributed by atoms with Crippen molar-refractivity contribution in [2.24, 2.45) is 5.84 Å². The molecular formula is C11H12BrN5O2S. The van der Waals surface area contributed by atoms with Crippen molar-refractivity contribution in [2.75, 3.05) is 17.3 Å². The number of hydrazine groups is 1. The molecule has 0 aliphatic carbocycles. The SMILES string of the molecule is NNc1ccc([N+](=O)[O-])c(NCCc2ccc(Br)s2)n1. The molecule has 0 bridgehead atoms. The second-order valence-corrected chi connectivity index (χ2v) is 6.40. The lowest BCUT2D eigenvalue weighted by molar-refractivity contribution is -0.384. The molecule has 2 aromatic heterocycles. The monoisotopic (exact) mass is 357 g/mol. The fraction of sp³-hybridized carbons (Fsp3) is 0.182. The number of nitrogens with one attached hydrogen (secondary N) is 2. The van der Waals surface area contributed by atoms with Crippen LogP contribution in [0, 0.1) is 10.1 Å². The van der Waals surface area contributed by atoms with E-state index in [0.29, 0.717) is 12.4 Å². The van der Waals surface area contributed by atoms with Crippen LogP contribution < -0.4 is 16.6 Å². The van der Waals surface area contributed by atoms with E-state index in [2.05, 4.69) is 31.7 Å². The Morgan fingerprint density at radius 1 is 1.40 bits per heavy atom. The Labute approximate surface area is 127 Å². The average Bonchev–Trinajstić information content (AvgIpc) is 2.84. The van der Waals surface area contributed by atoms with Crippen molar-refractivity contribution in [3.8, 4) is 0 Å². The van der Waals surface area contributed by atoms with Gasteiger partial charge in [0.05, 0.1) is 8.71 Å². The molecule has 2 heterocycles. The van der Waals surface area contributed by atoms with Gasteiger partial charge in [-0.3, -0.25) is 10.1 Å². The third-order valence-electron chi connectivity index (χ3n) is 2.51. The number of nitrogens with two attached hydrogens (primary N) is 1. The largest absolute Gasteiger partial charge is 0.364 e. The minimum atomic E-state index is -0.475. The van der Waals surface area contributed by atoms with E-state index in [0.717, 1.165) is 10.2 Å². The van der Waals surface area contributed by atoms with Crippen molar-refractivity contribution < 1.29 is 4.92 Å². The summed E-state index contributed by atoms with van der Waals surface area (Å²) in [6.07, 6.45) is 0.759. The Kier molecular flexibility index (Phi) is 4.88. The fourth-order valence-electron chi connectivity index (χ4n) is 1.60. The van der Waals surface area contributed by atoms with Gasteiger partial charge in [0, 0.05) is 17.5 Å². The lowest BCUT2D eigenvalue weighted by Crippen LogP contribution is -2.12. The van der Waals surface area contributed by atoms with Crippen molar-refractivity contribution in [1.29, 1.82) is 0 Å². The summed E-state index contributed by atoms with van der Waals surface area (Å²) in [5.41, 5.74) is 2.29. The number of pyridine rings is 1. The molecule has 0 saturated carbocycles. The molecule has 0 spiro atoms. The molecule has 0 atom stereocenters. The summed E-state index contributed by atoms with van der Waals surface area (Å²) in [7, 11) is 0. The highest BCUT2D eigenvalue weighted by Crippen LogP contribution is 2.25. The van der Waals surface area contributed by atoms with Crippen LogP contribution in [0.4, 0.5) is 17.3 Å². The molecular weight excluding hydrogens is 346 g/mol. The predicted molar refractivity (Wildman–Crippen MR) is 82.9 cm³/mol. The first-order valence-electron chi connectivity index (χ1n) is 5.70. The topological polar surface area (TPSA) is 106 Å². The maximum absolute atomic E-state index is 10.9. The van der Waals surface area contributed by atoms with E-state index >= 15 is 0 Å². The summed E-state index contributed by atoms with van der Waals surface area (Å²) in [5, 5.41) is 13.9. The zero-order chi connectivity index (χ0) is 14.5. The van der Waals surface area contributed by atoms with E-state index in [4.69, 9.17) is 5.84 Å². The third-order valence-corrected chi connectivity index (χ3v) is 4.19. The number of hydrogen-bond acceptors (Lipinski definition) is 7. The van der Waals surface area contributed by atoms with Crippen LogP contribution in [-0.2, 0) is 6.42 Å². The molecule has 0 fully saturated rings. The maximum atomic E-state index is 10.9. The van der Waals surface area contributed by atoms with Crippen LogP contribution in [0.5, 0.6) is 0 Å². The van der Waals surface area contributed by atoms with Crippen molar-refractivity contribution in [2.45, 2.75) is 6.42 Å². The predicted octanol–water partition coefficient (Wildman–Crippen LogP) is 2.75. The van der Waals surface area contributed by atoms with E-state index in [-0.39, 0.29) is 11.5 Å². The van der Waals surface area contributed by atoms with Crippen LogP contribution in [0.25, 0.3) is 0 Å². The summed E-state index contributed by atoms with van der Waals surface area (Å²) in [6, 6.07) is 6.81. The lowest BCUT2D eigenvalue weighted by atomic mass is 10.3. The average molecular weight is 358 g/mol. The van der Waals surface area contributed by atoms with E-state index in [1.165, 1.54) is 17.0 Å². The lowest BCUT2D eigenvalue weighted by Gasteiger charge is -2.07. The van der Waals surface area contributed by atoms with Gasteiger partial charge in [0.2, 0.25) is 5.82 Å². The number of nitrogens with zero attached hydrogens (tertiary/aromatic N) is 2. The number of aromatic nitrogens is 1. The second-order valence-electron chi connectivity index (χ2n) is 3.85. The van der Waals surface area contributed by atoms with Crippen molar-refractivity contribution in [1.82, 2.24) is 4.98 Å². The summed E-state index contributed by atoms with van der Waals surface area (Å²) >= 11 is 5.02. The molecule has 2 rings (SSSR count). The number of halogens is 1. The standard InChI is InChI=1S/C11H12BrN5O2S/c12-9-3-1-7(20-9)5-6-14-11-8(17(18)19)2-4-10(15-11)16-13/h1-4H,5-6,13H2,(H2,14,15,16). The van der Waals surface area contributed by atoms with Crippen LogP contribution in [0.3, 0.4) is 0 Å². The minimum absolute atomic E-state index is 0.0728. The summed E-state index contributed by atoms with van der Waals surface area (Å²) in [6.45, 7) is 0.550. The van der Waals surface area contributed by atoms with Gasteiger partial charge in [-0.1, -0.05) is 0 Å². The molecule has 7 nitrogen and oxygen atoms in total. The van der Waals surface area contributed by atoms with Gasteiger partial charge >= 0.3 is 5.69 Å². The van der Waals surface area contributed by atoms with Crippen LogP contribution in [0.2, 0.25) is 0 Å². The molecule has 20 heavy (non-hydrogen) atoms. The molecule has 0 radical (unpaired) electrons. The Morgan fingerprint density at radius 2 is 2.20 bits per heavy atom. The maximum Gasteiger partial charge on any atom is 0.311 e. The fourth-order valence-corrected chi connectivity index (χ4v) is 3.08. The number of hydrogen-bond donors (Lipinski definition) is 3. The zero-order valence-electron chi connectivity index (χ0n) is 10.3. The molecule has 0 aromatic carbocycles. The van der Waals surface area contributed by atoms with Gasteiger partial charge in [-0.2, -0.15) is 0 Å². The normalized spacial score (nSPS) is 10.3. The van der Waals surface area contributed by atoms with Crippen LogP contribution in [0.1, 0.15) is 4.88 Å². The zero-order valence-corrected chi connectivity index (χ0v) is 12.7. The second kappa shape index (κ2) is 6.64. The molecule has 106 valence electrons. The minimum Gasteiger partial charge on any atom is -0.364 e. The van der Waals surface area contributed by atoms with Crippen LogP contribution >= 0.6 is 27.3 Å². The molecule has 4 N–H and O–H groups in total. The first-order chi connectivity index (χ1) is 9.60. The summed E-state index contributed by atoms with van der Waals surface area (Å²) in [4.78, 5) is 15.7. The molecule has 0 aliphatic heterocycles. The van der Waals surface area contributed by atoms with Crippen LogP contribution in [0.15, 0.2) is 28.1 Å². The Hall–Kier alpha value is -1.71. The van der Waals surface area contributed by atoms with Crippen molar-refractivity contribution >= 4 is 44.6 Å². The van der Waals surface area contributed by atoms with Gasteiger partial charge in [0.25, 0.3) is 0 Å². The number of anilines is 2. The highest BCUT2D eigenvalue weighted by molar-refractivity contribution is 9.11. The Morgan fingerprint density at radius 3 is 2.80 bits per heavy atom. The van der Waals surface area contributed by atoms with Gasteiger partial charge in [-0.05, 0) is 40.5 Å². The van der Waals surface area contributed by atoms with E-state index in [9.17, 15) is 10.1 Å². The molecule has 9 heteroatoms. The highest BCUT2D eigenvalue weighted by atomic mass is 79.9. The first kappa shape index (κ1) is 14.7. The Balaban J connectivity index is 2.05. The van der Waals surface area contributed by atoms with Crippen molar-refractivity contribution in [3.05, 3.63) is 43.0 Å². The van der Waals surface area contributed by atoms with Crippen molar-refractivity contribution in [3.63, 3.8) is 0 Å². The number of thiophene rings is 1. The van der Waals surface area contributed by atoms with Crippen LogP contribution in [-0.4, -0.2) is 16.5 Å². The quantitative estimate of drug-likeness (QED) is 0.417. The molecule has 2 aromatic rings.